The molecule has 0 saturated carbocycles. The first kappa shape index (κ1) is 17.3. The van der Waals surface area contributed by atoms with Gasteiger partial charge < -0.3 is 9.47 Å². The SMILES string of the molecule is COc1ccccc1C=C1N=C(C=Cc2cccc(Cl)c2Cl)OC1=O. The molecule has 1 aliphatic rings. The second-order valence-electron chi connectivity index (χ2n) is 5.09. The van der Waals surface area contributed by atoms with Crippen molar-refractivity contribution in [2.75, 3.05) is 7.11 Å². The average molecular weight is 374 g/mol. The summed E-state index contributed by atoms with van der Waals surface area (Å²) in [5, 5.41) is 0.876. The topological polar surface area (TPSA) is 47.9 Å². The Balaban J connectivity index is 1.86. The molecule has 0 unspecified atom stereocenters. The van der Waals surface area contributed by atoms with E-state index in [1.54, 1.807) is 49.6 Å². The Bertz CT molecular complexity index is 917. The van der Waals surface area contributed by atoms with Crippen LogP contribution < -0.4 is 4.74 Å². The maximum atomic E-state index is 12.0. The van der Waals surface area contributed by atoms with Crippen LogP contribution in [0.2, 0.25) is 10.0 Å². The summed E-state index contributed by atoms with van der Waals surface area (Å²) in [6.07, 6.45) is 4.87. The smallest absolute Gasteiger partial charge is 0.363 e. The molecular weight excluding hydrogens is 361 g/mol. The minimum atomic E-state index is -0.525. The van der Waals surface area contributed by atoms with Crippen molar-refractivity contribution in [3.63, 3.8) is 0 Å². The van der Waals surface area contributed by atoms with E-state index in [0.717, 1.165) is 5.56 Å². The van der Waals surface area contributed by atoms with Crippen LogP contribution in [0.4, 0.5) is 0 Å². The largest absolute Gasteiger partial charge is 0.496 e. The third-order valence-corrected chi connectivity index (χ3v) is 4.29. The van der Waals surface area contributed by atoms with E-state index < -0.39 is 5.97 Å². The van der Waals surface area contributed by atoms with Crippen molar-refractivity contribution in [3.8, 4) is 5.75 Å². The van der Waals surface area contributed by atoms with E-state index in [2.05, 4.69) is 4.99 Å². The lowest BCUT2D eigenvalue weighted by molar-refractivity contribution is -0.129. The van der Waals surface area contributed by atoms with Crippen LogP contribution in [-0.4, -0.2) is 19.0 Å². The van der Waals surface area contributed by atoms with Crippen LogP contribution in [0.25, 0.3) is 12.2 Å². The summed E-state index contributed by atoms with van der Waals surface area (Å²) >= 11 is 12.1. The average Bonchev–Trinajstić information content (AvgIpc) is 2.96. The highest BCUT2D eigenvalue weighted by Crippen LogP contribution is 2.27. The number of carbonyl (C=O) groups excluding carboxylic acids is 1. The molecule has 25 heavy (non-hydrogen) atoms. The monoisotopic (exact) mass is 373 g/mol. The second-order valence-corrected chi connectivity index (χ2v) is 5.87. The van der Waals surface area contributed by atoms with Crippen molar-refractivity contribution in [1.29, 1.82) is 0 Å². The van der Waals surface area contributed by atoms with E-state index in [-0.39, 0.29) is 11.6 Å². The van der Waals surface area contributed by atoms with Crippen LogP contribution in [0.3, 0.4) is 0 Å². The van der Waals surface area contributed by atoms with E-state index in [9.17, 15) is 4.79 Å². The number of esters is 1. The summed E-state index contributed by atoms with van der Waals surface area (Å²) in [6, 6.07) is 12.6. The summed E-state index contributed by atoms with van der Waals surface area (Å²) in [6.45, 7) is 0. The van der Waals surface area contributed by atoms with Gasteiger partial charge >= 0.3 is 5.97 Å². The summed E-state index contributed by atoms with van der Waals surface area (Å²) in [5.74, 6) is 0.303. The van der Waals surface area contributed by atoms with Gasteiger partial charge in [-0.05, 0) is 29.8 Å². The van der Waals surface area contributed by atoms with Gasteiger partial charge in [0.15, 0.2) is 5.70 Å². The lowest BCUT2D eigenvalue weighted by atomic mass is 10.1. The van der Waals surface area contributed by atoms with Gasteiger partial charge in [-0.1, -0.05) is 53.5 Å². The van der Waals surface area contributed by atoms with Crippen LogP contribution in [0.1, 0.15) is 11.1 Å². The Labute approximate surface area is 155 Å². The highest BCUT2D eigenvalue weighted by molar-refractivity contribution is 6.42. The summed E-state index contributed by atoms with van der Waals surface area (Å²) in [5.41, 5.74) is 1.64. The molecule has 1 heterocycles. The molecule has 0 N–H and O–H groups in total. The maximum Gasteiger partial charge on any atom is 0.363 e. The van der Waals surface area contributed by atoms with E-state index >= 15 is 0 Å². The Morgan fingerprint density at radius 1 is 1.04 bits per heavy atom. The Hall–Kier alpha value is -2.56. The van der Waals surface area contributed by atoms with Crippen LogP contribution in [0.5, 0.6) is 5.75 Å². The molecule has 0 bridgehead atoms. The first-order valence-electron chi connectivity index (χ1n) is 7.36. The summed E-state index contributed by atoms with van der Waals surface area (Å²) in [7, 11) is 1.57. The molecule has 4 nitrogen and oxygen atoms in total. The summed E-state index contributed by atoms with van der Waals surface area (Å²) < 4.78 is 10.4. The summed E-state index contributed by atoms with van der Waals surface area (Å²) in [4.78, 5) is 16.2. The van der Waals surface area contributed by atoms with Gasteiger partial charge in [0.2, 0.25) is 5.90 Å². The van der Waals surface area contributed by atoms with Crippen molar-refractivity contribution in [2.24, 2.45) is 4.99 Å². The van der Waals surface area contributed by atoms with Crippen molar-refractivity contribution in [1.82, 2.24) is 0 Å². The molecule has 0 amide bonds. The number of cyclic esters (lactones) is 1. The predicted molar refractivity (Wildman–Crippen MR) is 100.0 cm³/mol. The zero-order valence-corrected chi connectivity index (χ0v) is 14.7. The molecule has 0 radical (unpaired) electrons. The third kappa shape index (κ3) is 3.92. The molecule has 0 aromatic heterocycles. The van der Waals surface area contributed by atoms with E-state index in [1.165, 1.54) is 0 Å². The molecule has 0 fully saturated rings. The molecule has 0 aliphatic carbocycles. The third-order valence-electron chi connectivity index (χ3n) is 3.46. The standard InChI is InChI=1S/C19H13Cl2NO3/c1-24-16-8-3-2-5-13(16)11-15-19(23)25-17(22-15)10-9-12-6-4-7-14(20)18(12)21/h2-11H,1H3. The first-order valence-corrected chi connectivity index (χ1v) is 8.12. The number of rotatable bonds is 4. The molecular formula is C19H13Cl2NO3. The number of carbonyl (C=O) groups is 1. The lowest BCUT2D eigenvalue weighted by Gasteiger charge is -2.03. The maximum absolute atomic E-state index is 12.0. The molecule has 0 saturated heterocycles. The Morgan fingerprint density at radius 3 is 2.60 bits per heavy atom. The van der Waals surface area contributed by atoms with Gasteiger partial charge in [0.25, 0.3) is 0 Å². The molecule has 2 aromatic carbocycles. The van der Waals surface area contributed by atoms with E-state index in [4.69, 9.17) is 32.7 Å². The number of benzene rings is 2. The fraction of sp³-hybridized carbons (Fsp3) is 0.0526. The zero-order chi connectivity index (χ0) is 17.8. The van der Waals surface area contributed by atoms with Crippen molar-refractivity contribution in [2.45, 2.75) is 0 Å². The van der Waals surface area contributed by atoms with Gasteiger partial charge in [0.1, 0.15) is 5.75 Å². The number of para-hydroxylation sites is 1. The van der Waals surface area contributed by atoms with Gasteiger partial charge in [0, 0.05) is 11.6 Å². The van der Waals surface area contributed by atoms with Crippen LogP contribution >= 0.6 is 23.2 Å². The normalized spacial score (nSPS) is 15.6. The Kier molecular flexibility index (Phi) is 5.22. The van der Waals surface area contributed by atoms with Gasteiger partial charge in [-0.15, -0.1) is 0 Å². The number of aliphatic imine (C=N–C) groups is 1. The Morgan fingerprint density at radius 2 is 1.80 bits per heavy atom. The van der Waals surface area contributed by atoms with Crippen LogP contribution in [-0.2, 0) is 9.53 Å². The van der Waals surface area contributed by atoms with Crippen molar-refractivity contribution < 1.29 is 14.3 Å². The number of hydrogen-bond donors (Lipinski definition) is 0. The number of methoxy groups -OCH3 is 1. The lowest BCUT2D eigenvalue weighted by Crippen LogP contribution is -2.01. The molecule has 0 atom stereocenters. The van der Waals surface area contributed by atoms with Gasteiger partial charge in [-0.3, -0.25) is 0 Å². The number of halogens is 2. The fourth-order valence-corrected chi connectivity index (χ4v) is 2.61. The van der Waals surface area contributed by atoms with Crippen LogP contribution in [0.15, 0.2) is 59.2 Å². The van der Waals surface area contributed by atoms with Gasteiger partial charge in [-0.2, -0.15) is 0 Å². The molecule has 3 rings (SSSR count). The number of ether oxygens (including phenoxy) is 2. The number of hydrogen-bond acceptors (Lipinski definition) is 4. The highest BCUT2D eigenvalue weighted by Gasteiger charge is 2.21. The minimum absolute atomic E-state index is 0.183. The quantitative estimate of drug-likeness (QED) is 0.558. The second kappa shape index (κ2) is 7.55. The zero-order valence-electron chi connectivity index (χ0n) is 13.2. The molecule has 1 aliphatic heterocycles. The first-order chi connectivity index (χ1) is 12.1. The van der Waals surface area contributed by atoms with E-state index in [1.807, 2.05) is 18.2 Å². The number of nitrogens with zero attached hydrogens (tertiary/aromatic N) is 1. The predicted octanol–water partition coefficient (Wildman–Crippen LogP) is 5.01. The van der Waals surface area contributed by atoms with Gasteiger partial charge in [0.05, 0.1) is 17.2 Å². The van der Waals surface area contributed by atoms with Gasteiger partial charge in [-0.25, -0.2) is 9.79 Å². The minimum Gasteiger partial charge on any atom is -0.496 e. The molecule has 126 valence electrons. The van der Waals surface area contributed by atoms with Crippen LogP contribution in [0, 0.1) is 0 Å². The fourth-order valence-electron chi connectivity index (χ4n) is 2.24. The molecule has 2 aromatic rings. The highest BCUT2D eigenvalue weighted by atomic mass is 35.5. The molecule has 6 heteroatoms. The van der Waals surface area contributed by atoms with Crippen molar-refractivity contribution in [3.05, 3.63) is 75.4 Å². The van der Waals surface area contributed by atoms with E-state index in [0.29, 0.717) is 21.4 Å². The van der Waals surface area contributed by atoms with Crippen molar-refractivity contribution >= 4 is 47.2 Å². The molecule has 0 spiro atoms.